The minimum absolute atomic E-state index is 0.0628. The number of benzene rings is 1. The Bertz CT molecular complexity index is 947. The van der Waals surface area contributed by atoms with Gasteiger partial charge in [-0.1, -0.05) is 25.7 Å². The van der Waals surface area contributed by atoms with Crippen LogP contribution in [0.2, 0.25) is 0 Å². The van der Waals surface area contributed by atoms with E-state index in [1.165, 1.54) is 25.7 Å². The Kier molecular flexibility index (Phi) is 7.57. The Balaban J connectivity index is 1.25. The summed E-state index contributed by atoms with van der Waals surface area (Å²) < 4.78 is 0. The zero-order chi connectivity index (χ0) is 23.2. The zero-order valence-corrected chi connectivity index (χ0v) is 19.8. The molecular weight excluding hydrogens is 414 g/mol. The summed E-state index contributed by atoms with van der Waals surface area (Å²) in [6, 6.07) is 9.99. The molecule has 0 bridgehead atoms. The van der Waals surface area contributed by atoms with Gasteiger partial charge in [0.1, 0.15) is 5.82 Å². The third-order valence-corrected chi connectivity index (χ3v) is 6.65. The smallest absolute Gasteiger partial charge is 0.229 e. The number of carbonyl (C=O) groups excluding carboxylic acids is 2. The summed E-state index contributed by atoms with van der Waals surface area (Å²) in [5.74, 6) is 0.644. The van der Waals surface area contributed by atoms with Crippen LogP contribution >= 0.6 is 0 Å². The maximum Gasteiger partial charge on any atom is 0.229 e. The molecule has 1 saturated carbocycles. The van der Waals surface area contributed by atoms with Crippen LogP contribution < -0.4 is 10.6 Å². The molecule has 7 heteroatoms. The third-order valence-electron chi connectivity index (χ3n) is 6.65. The number of aryl methyl sites for hydroxylation is 2. The van der Waals surface area contributed by atoms with E-state index in [2.05, 4.69) is 20.6 Å². The van der Waals surface area contributed by atoms with Crippen LogP contribution in [0.5, 0.6) is 0 Å². The van der Waals surface area contributed by atoms with E-state index in [0.717, 1.165) is 54.4 Å². The lowest BCUT2D eigenvalue weighted by Crippen LogP contribution is -2.37. The second kappa shape index (κ2) is 10.8. The van der Waals surface area contributed by atoms with Crippen molar-refractivity contribution in [3.05, 3.63) is 47.5 Å². The van der Waals surface area contributed by atoms with E-state index >= 15 is 0 Å². The van der Waals surface area contributed by atoms with Gasteiger partial charge in [0.15, 0.2) is 0 Å². The summed E-state index contributed by atoms with van der Waals surface area (Å²) in [6.45, 7) is 5.25. The van der Waals surface area contributed by atoms with Crippen molar-refractivity contribution in [3.63, 3.8) is 0 Å². The molecular formula is C26H35N5O2. The van der Waals surface area contributed by atoms with Crippen LogP contribution in [-0.4, -0.2) is 45.8 Å². The van der Waals surface area contributed by atoms with Crippen molar-refractivity contribution in [1.82, 2.24) is 14.9 Å². The number of hydrogen-bond donors (Lipinski definition) is 2. The Labute approximate surface area is 196 Å². The normalized spacial score (nSPS) is 19.4. The monoisotopic (exact) mass is 449 g/mol. The highest BCUT2D eigenvalue weighted by Crippen LogP contribution is 2.28. The lowest BCUT2D eigenvalue weighted by atomic mass is 10.1. The second-order valence-corrected chi connectivity index (χ2v) is 9.40. The molecule has 176 valence electrons. The molecule has 2 N–H and O–H groups in total. The third kappa shape index (κ3) is 6.30. The molecule has 1 saturated heterocycles. The van der Waals surface area contributed by atoms with Gasteiger partial charge < -0.3 is 15.5 Å². The number of likely N-dealkylation sites (tertiary alicyclic amines) is 1. The van der Waals surface area contributed by atoms with Gasteiger partial charge >= 0.3 is 0 Å². The van der Waals surface area contributed by atoms with E-state index in [4.69, 9.17) is 0 Å². The number of anilines is 2. The van der Waals surface area contributed by atoms with Crippen molar-refractivity contribution in [3.8, 4) is 0 Å². The predicted octanol–water partition coefficient (Wildman–Crippen LogP) is 4.26. The number of amides is 2. The molecule has 2 amide bonds. The molecule has 1 aliphatic carbocycles. The molecule has 0 radical (unpaired) electrons. The number of nitrogens with zero attached hydrogens (tertiary/aromatic N) is 3. The fraction of sp³-hybridized carbons (Fsp3) is 0.538. The number of rotatable bonds is 7. The summed E-state index contributed by atoms with van der Waals surface area (Å²) in [5, 5.41) is 6.37. The van der Waals surface area contributed by atoms with Gasteiger partial charge in [-0.2, -0.15) is 0 Å². The minimum atomic E-state index is -0.267. The van der Waals surface area contributed by atoms with Crippen LogP contribution in [0.3, 0.4) is 0 Å². The molecule has 1 atom stereocenters. The van der Waals surface area contributed by atoms with Gasteiger partial charge in [0, 0.05) is 54.7 Å². The van der Waals surface area contributed by atoms with Crippen molar-refractivity contribution in [2.45, 2.75) is 71.3 Å². The quantitative estimate of drug-likeness (QED) is 0.617. The molecule has 1 unspecified atom stereocenters. The van der Waals surface area contributed by atoms with Gasteiger partial charge in [-0.25, -0.2) is 9.97 Å². The number of hydrogen-bond acceptors (Lipinski definition) is 5. The SMILES string of the molecule is Cc1cc(C)nc(CCNc2ccc(NC(=O)C3CC(=O)N(C4CCCCCC4)C3)cc2)n1. The van der Waals surface area contributed by atoms with Gasteiger partial charge in [-0.15, -0.1) is 0 Å². The van der Waals surface area contributed by atoms with Gasteiger partial charge in [0.25, 0.3) is 0 Å². The van der Waals surface area contributed by atoms with Crippen molar-refractivity contribution in [2.24, 2.45) is 5.92 Å². The Hall–Kier alpha value is -2.96. The van der Waals surface area contributed by atoms with E-state index in [-0.39, 0.29) is 17.7 Å². The molecule has 1 aromatic carbocycles. The molecule has 2 aliphatic rings. The van der Waals surface area contributed by atoms with Gasteiger partial charge in [-0.05, 0) is 57.0 Å². The molecule has 1 aliphatic heterocycles. The molecule has 1 aromatic heterocycles. The molecule has 4 rings (SSSR count). The number of nitrogens with one attached hydrogen (secondary N) is 2. The summed E-state index contributed by atoms with van der Waals surface area (Å²) >= 11 is 0. The fourth-order valence-electron chi connectivity index (χ4n) is 4.97. The zero-order valence-electron chi connectivity index (χ0n) is 19.8. The van der Waals surface area contributed by atoms with Crippen molar-refractivity contribution >= 4 is 23.2 Å². The van der Waals surface area contributed by atoms with Crippen molar-refractivity contribution in [2.75, 3.05) is 23.7 Å². The largest absolute Gasteiger partial charge is 0.385 e. The van der Waals surface area contributed by atoms with Gasteiger partial charge in [0.2, 0.25) is 11.8 Å². The number of carbonyl (C=O) groups is 2. The molecule has 33 heavy (non-hydrogen) atoms. The molecule has 2 fully saturated rings. The Morgan fingerprint density at radius 2 is 1.64 bits per heavy atom. The summed E-state index contributed by atoms with van der Waals surface area (Å²) in [4.78, 5) is 36.3. The van der Waals surface area contributed by atoms with Crippen molar-refractivity contribution < 1.29 is 9.59 Å². The predicted molar refractivity (Wildman–Crippen MR) is 130 cm³/mol. The van der Waals surface area contributed by atoms with Crippen LogP contribution in [0, 0.1) is 19.8 Å². The van der Waals surface area contributed by atoms with E-state index in [0.29, 0.717) is 19.0 Å². The van der Waals surface area contributed by atoms with Gasteiger partial charge in [0.05, 0.1) is 5.92 Å². The first-order valence-corrected chi connectivity index (χ1v) is 12.2. The standard InChI is InChI=1S/C26H35N5O2/c1-18-15-19(2)29-24(28-18)13-14-27-21-9-11-22(12-10-21)30-26(33)20-16-25(32)31(17-20)23-7-5-3-4-6-8-23/h9-12,15,20,23,27H,3-8,13-14,16-17H2,1-2H3,(H,30,33). The highest BCUT2D eigenvalue weighted by molar-refractivity contribution is 5.97. The average Bonchev–Trinajstić information content (AvgIpc) is 2.98. The highest BCUT2D eigenvalue weighted by atomic mass is 16.2. The van der Waals surface area contributed by atoms with Crippen molar-refractivity contribution in [1.29, 1.82) is 0 Å². The van der Waals surface area contributed by atoms with Crippen LogP contribution in [0.1, 0.15) is 62.2 Å². The maximum atomic E-state index is 12.8. The highest BCUT2D eigenvalue weighted by Gasteiger charge is 2.37. The molecule has 0 spiro atoms. The average molecular weight is 450 g/mol. The summed E-state index contributed by atoms with van der Waals surface area (Å²) in [5.41, 5.74) is 3.70. The van der Waals surface area contributed by atoms with Crippen LogP contribution in [0.15, 0.2) is 30.3 Å². The van der Waals surface area contributed by atoms with Crippen LogP contribution in [-0.2, 0) is 16.0 Å². The van der Waals surface area contributed by atoms with Gasteiger partial charge in [-0.3, -0.25) is 9.59 Å². The van der Waals surface area contributed by atoms with E-state index < -0.39 is 0 Å². The number of aromatic nitrogens is 2. The lowest BCUT2D eigenvalue weighted by molar-refractivity contribution is -0.130. The lowest BCUT2D eigenvalue weighted by Gasteiger charge is -2.27. The minimum Gasteiger partial charge on any atom is -0.385 e. The van der Waals surface area contributed by atoms with E-state index in [9.17, 15) is 9.59 Å². The topological polar surface area (TPSA) is 87.2 Å². The van der Waals surface area contributed by atoms with E-state index in [1.807, 2.05) is 49.1 Å². The van der Waals surface area contributed by atoms with E-state index in [1.54, 1.807) is 0 Å². The first-order chi connectivity index (χ1) is 16.0. The Morgan fingerprint density at radius 1 is 1.00 bits per heavy atom. The molecule has 2 aromatic rings. The van der Waals surface area contributed by atoms with Crippen LogP contribution in [0.25, 0.3) is 0 Å². The molecule has 2 heterocycles. The fourth-order valence-corrected chi connectivity index (χ4v) is 4.97. The maximum absolute atomic E-state index is 12.8. The second-order valence-electron chi connectivity index (χ2n) is 9.40. The first kappa shape index (κ1) is 23.2. The molecule has 7 nitrogen and oxygen atoms in total. The first-order valence-electron chi connectivity index (χ1n) is 12.2. The summed E-state index contributed by atoms with van der Waals surface area (Å²) in [6.07, 6.45) is 8.09. The Morgan fingerprint density at radius 3 is 2.30 bits per heavy atom. The summed E-state index contributed by atoms with van der Waals surface area (Å²) in [7, 11) is 0. The van der Waals surface area contributed by atoms with Crippen LogP contribution in [0.4, 0.5) is 11.4 Å².